The summed E-state index contributed by atoms with van der Waals surface area (Å²) in [6.45, 7) is 1.91. The summed E-state index contributed by atoms with van der Waals surface area (Å²) in [6, 6.07) is 9.58. The molecule has 0 aliphatic rings. The zero-order valence-electron chi connectivity index (χ0n) is 15.5. The van der Waals surface area contributed by atoms with Crippen LogP contribution in [0, 0.1) is 3.95 Å². The van der Waals surface area contributed by atoms with Gasteiger partial charge < -0.3 is 10.5 Å². The Kier molecular flexibility index (Phi) is 5.87. The van der Waals surface area contributed by atoms with E-state index >= 15 is 0 Å². The summed E-state index contributed by atoms with van der Waals surface area (Å²) in [5.41, 5.74) is 7.12. The number of para-hydroxylation sites is 1. The number of carbonyl (C=O) groups is 1. The van der Waals surface area contributed by atoms with Crippen molar-refractivity contribution in [3.63, 3.8) is 0 Å². The number of anilines is 1. The molecular formula is C16H14N8O3S3. The van der Waals surface area contributed by atoms with Crippen LogP contribution in [0.2, 0.25) is 0 Å². The molecule has 30 heavy (non-hydrogen) atoms. The number of nitrogens with two attached hydrogens (primary N) is 1. The summed E-state index contributed by atoms with van der Waals surface area (Å²) in [5, 5.41) is 19.7. The van der Waals surface area contributed by atoms with Gasteiger partial charge in [-0.05, 0) is 41.6 Å². The molecule has 0 aliphatic carbocycles. The average molecular weight is 463 g/mol. The van der Waals surface area contributed by atoms with Crippen molar-refractivity contribution in [2.45, 2.75) is 17.0 Å². The standard InChI is InChI=1S/C16H14N8O3S3/c1-2-26-14(25)11-10(24(22-18-11)13-12(17)20-27-21-13)8-29-15-19-23(16(28)30-15)9-6-4-3-5-7-9/h3-7H,2,8H2,1H3,(H2,17,20). The lowest BCUT2D eigenvalue weighted by Crippen LogP contribution is -2.10. The van der Waals surface area contributed by atoms with E-state index in [4.69, 9.17) is 22.7 Å². The molecule has 3 aromatic heterocycles. The minimum atomic E-state index is -0.600. The van der Waals surface area contributed by atoms with Crippen LogP contribution >= 0.6 is 35.3 Å². The van der Waals surface area contributed by atoms with Crippen LogP contribution in [-0.4, -0.2) is 47.7 Å². The molecule has 3 heterocycles. The summed E-state index contributed by atoms with van der Waals surface area (Å²) >= 11 is 8.15. The summed E-state index contributed by atoms with van der Waals surface area (Å²) in [4.78, 5) is 12.3. The molecule has 1 aromatic carbocycles. The van der Waals surface area contributed by atoms with Crippen LogP contribution < -0.4 is 5.73 Å². The van der Waals surface area contributed by atoms with Crippen molar-refractivity contribution >= 4 is 47.1 Å². The Bertz CT molecular complexity index is 1230. The predicted molar refractivity (Wildman–Crippen MR) is 111 cm³/mol. The monoisotopic (exact) mass is 462 g/mol. The zero-order chi connectivity index (χ0) is 21.1. The van der Waals surface area contributed by atoms with Crippen LogP contribution in [0.1, 0.15) is 23.1 Å². The second-order valence-electron chi connectivity index (χ2n) is 5.66. The number of hydrogen-bond donors (Lipinski definition) is 1. The molecule has 0 saturated heterocycles. The Labute approximate surface area is 182 Å². The maximum absolute atomic E-state index is 12.3. The van der Waals surface area contributed by atoms with E-state index in [9.17, 15) is 4.79 Å². The Morgan fingerprint density at radius 1 is 1.30 bits per heavy atom. The molecule has 0 aliphatic heterocycles. The lowest BCUT2D eigenvalue weighted by atomic mass is 10.3. The molecular weight excluding hydrogens is 448 g/mol. The SMILES string of the molecule is CCOC(=O)c1nnn(-c2nonc2N)c1CSc1nn(-c2ccccc2)c(=S)s1. The van der Waals surface area contributed by atoms with Crippen LogP contribution in [0.5, 0.6) is 0 Å². The van der Waals surface area contributed by atoms with Gasteiger partial charge in [0.15, 0.2) is 14.0 Å². The van der Waals surface area contributed by atoms with Crippen LogP contribution in [0.25, 0.3) is 11.5 Å². The molecule has 0 unspecified atom stereocenters. The van der Waals surface area contributed by atoms with Crippen molar-refractivity contribution in [3.05, 3.63) is 45.7 Å². The minimum Gasteiger partial charge on any atom is -0.461 e. The molecule has 11 nitrogen and oxygen atoms in total. The molecule has 0 atom stereocenters. The van der Waals surface area contributed by atoms with Gasteiger partial charge in [0.2, 0.25) is 11.6 Å². The largest absolute Gasteiger partial charge is 0.461 e. The van der Waals surface area contributed by atoms with Gasteiger partial charge in [-0.1, -0.05) is 46.5 Å². The molecule has 14 heteroatoms. The van der Waals surface area contributed by atoms with E-state index in [1.165, 1.54) is 27.8 Å². The molecule has 2 N–H and O–H groups in total. The van der Waals surface area contributed by atoms with Crippen LogP contribution in [0.4, 0.5) is 5.82 Å². The lowest BCUT2D eigenvalue weighted by Gasteiger charge is -2.04. The highest BCUT2D eigenvalue weighted by Crippen LogP contribution is 2.29. The number of benzene rings is 1. The highest BCUT2D eigenvalue weighted by atomic mass is 32.2. The first-order chi connectivity index (χ1) is 14.6. The predicted octanol–water partition coefficient (Wildman–Crippen LogP) is 2.68. The van der Waals surface area contributed by atoms with Gasteiger partial charge in [-0.15, -0.1) is 10.2 Å². The molecule has 0 bridgehead atoms. The van der Waals surface area contributed by atoms with Gasteiger partial charge in [-0.3, -0.25) is 0 Å². The van der Waals surface area contributed by atoms with E-state index in [2.05, 4.69) is 30.4 Å². The van der Waals surface area contributed by atoms with E-state index in [1.54, 1.807) is 11.6 Å². The van der Waals surface area contributed by atoms with Gasteiger partial charge in [0.1, 0.15) is 0 Å². The van der Waals surface area contributed by atoms with Crippen molar-refractivity contribution in [2.75, 3.05) is 12.3 Å². The molecule has 4 rings (SSSR count). The van der Waals surface area contributed by atoms with E-state index in [0.717, 1.165) is 5.69 Å². The van der Waals surface area contributed by atoms with Gasteiger partial charge in [0.05, 0.1) is 18.0 Å². The van der Waals surface area contributed by atoms with Crippen molar-refractivity contribution < 1.29 is 14.2 Å². The lowest BCUT2D eigenvalue weighted by molar-refractivity contribution is 0.0518. The number of aromatic nitrogens is 7. The Hall–Kier alpha value is -3.10. The first-order valence-electron chi connectivity index (χ1n) is 8.57. The second-order valence-corrected chi connectivity index (χ2v) is 8.51. The summed E-state index contributed by atoms with van der Waals surface area (Å²) < 4.78 is 14.0. The third-order valence-corrected chi connectivity index (χ3v) is 6.17. The summed E-state index contributed by atoms with van der Waals surface area (Å²) in [6.07, 6.45) is 0. The first kappa shape index (κ1) is 20.2. The summed E-state index contributed by atoms with van der Waals surface area (Å²) in [7, 11) is 0. The number of thioether (sulfide) groups is 1. The van der Waals surface area contributed by atoms with E-state index in [0.29, 0.717) is 14.0 Å². The van der Waals surface area contributed by atoms with Gasteiger partial charge in [-0.25, -0.2) is 14.1 Å². The number of nitrogens with zero attached hydrogens (tertiary/aromatic N) is 7. The number of esters is 1. The Balaban J connectivity index is 1.64. The average Bonchev–Trinajstić information content (AvgIpc) is 3.45. The summed E-state index contributed by atoms with van der Waals surface area (Å²) in [5.74, 6) is -0.164. The van der Waals surface area contributed by atoms with Crippen molar-refractivity contribution in [2.24, 2.45) is 0 Å². The van der Waals surface area contributed by atoms with Gasteiger partial charge in [-0.2, -0.15) is 4.68 Å². The Morgan fingerprint density at radius 3 is 2.80 bits per heavy atom. The number of carbonyl (C=O) groups excluding carboxylic acids is 1. The molecule has 154 valence electrons. The fraction of sp³-hybridized carbons (Fsp3) is 0.188. The van der Waals surface area contributed by atoms with Gasteiger partial charge in [0, 0.05) is 5.75 Å². The molecule has 0 saturated carbocycles. The fourth-order valence-electron chi connectivity index (χ4n) is 2.48. The second kappa shape index (κ2) is 8.73. The quantitative estimate of drug-likeness (QED) is 0.246. The first-order valence-corrected chi connectivity index (χ1v) is 10.8. The number of nitrogen functional groups attached to an aromatic ring is 1. The van der Waals surface area contributed by atoms with E-state index in [1.807, 2.05) is 30.3 Å². The normalized spacial score (nSPS) is 11.0. The number of hydrogen-bond acceptors (Lipinski definition) is 12. The molecule has 0 spiro atoms. The van der Waals surface area contributed by atoms with Gasteiger partial charge in [0.25, 0.3) is 0 Å². The molecule has 4 aromatic rings. The van der Waals surface area contributed by atoms with Crippen molar-refractivity contribution in [3.8, 4) is 11.5 Å². The molecule has 0 radical (unpaired) electrons. The van der Waals surface area contributed by atoms with Crippen molar-refractivity contribution in [1.29, 1.82) is 0 Å². The van der Waals surface area contributed by atoms with Crippen LogP contribution in [-0.2, 0) is 10.5 Å². The van der Waals surface area contributed by atoms with E-state index in [-0.39, 0.29) is 29.7 Å². The third-order valence-electron chi connectivity index (χ3n) is 3.79. The Morgan fingerprint density at radius 2 is 2.10 bits per heavy atom. The number of ether oxygens (including phenoxy) is 1. The highest BCUT2D eigenvalue weighted by molar-refractivity contribution is 8.00. The smallest absolute Gasteiger partial charge is 0.360 e. The highest BCUT2D eigenvalue weighted by Gasteiger charge is 2.25. The van der Waals surface area contributed by atoms with Crippen LogP contribution in [0.15, 0.2) is 39.3 Å². The maximum atomic E-state index is 12.3. The van der Waals surface area contributed by atoms with Crippen LogP contribution in [0.3, 0.4) is 0 Å². The molecule has 0 amide bonds. The zero-order valence-corrected chi connectivity index (χ0v) is 17.9. The molecule has 0 fully saturated rings. The van der Waals surface area contributed by atoms with Gasteiger partial charge >= 0.3 is 5.97 Å². The minimum absolute atomic E-state index is 0.0190. The fourth-order valence-corrected chi connectivity index (χ4v) is 4.83. The third kappa shape index (κ3) is 3.96. The van der Waals surface area contributed by atoms with E-state index < -0.39 is 5.97 Å². The number of rotatable bonds is 7. The maximum Gasteiger partial charge on any atom is 0.360 e. The topological polar surface area (TPSA) is 140 Å². The van der Waals surface area contributed by atoms with Crippen molar-refractivity contribution in [1.82, 2.24) is 35.1 Å².